The molecule has 0 aromatic heterocycles. The van der Waals surface area contributed by atoms with Gasteiger partial charge in [0.25, 0.3) is 0 Å². The van der Waals surface area contributed by atoms with Crippen LogP contribution in [0.25, 0.3) is 0 Å². The van der Waals surface area contributed by atoms with Crippen molar-refractivity contribution in [2.45, 2.75) is 50.8 Å². The van der Waals surface area contributed by atoms with Crippen molar-refractivity contribution in [3.05, 3.63) is 64.7 Å². The maximum atomic E-state index is 10.2. The highest BCUT2D eigenvalue weighted by atomic mass is 35.5. The summed E-state index contributed by atoms with van der Waals surface area (Å²) in [5.74, 6) is 0.819. The summed E-state index contributed by atoms with van der Waals surface area (Å²) in [5, 5.41) is 39.7. The van der Waals surface area contributed by atoms with Crippen LogP contribution in [0.1, 0.15) is 19.4 Å². The minimum absolute atomic E-state index is 0.369. The van der Waals surface area contributed by atoms with Crippen molar-refractivity contribution >= 4 is 11.6 Å². The number of hydrogen-bond acceptors (Lipinski definition) is 6. The van der Waals surface area contributed by atoms with E-state index >= 15 is 0 Å². The smallest absolute Gasteiger partial charge is 0.119 e. The van der Waals surface area contributed by atoms with Crippen molar-refractivity contribution in [3.63, 3.8) is 0 Å². The van der Waals surface area contributed by atoms with E-state index in [4.69, 9.17) is 21.1 Å². The largest absolute Gasteiger partial charge is 0.494 e. The molecule has 0 bridgehead atoms. The van der Waals surface area contributed by atoms with Gasteiger partial charge in [0, 0.05) is 5.03 Å². The zero-order chi connectivity index (χ0) is 21.6. The number of rotatable bonds is 8. The van der Waals surface area contributed by atoms with E-state index in [9.17, 15) is 20.4 Å². The molecular weight excluding hydrogens is 396 g/mol. The Morgan fingerprint density at radius 1 is 1.14 bits per heavy atom. The van der Waals surface area contributed by atoms with Gasteiger partial charge < -0.3 is 29.9 Å². The van der Waals surface area contributed by atoms with Crippen molar-refractivity contribution < 1.29 is 29.9 Å². The van der Waals surface area contributed by atoms with Gasteiger partial charge in [0.1, 0.15) is 36.3 Å². The van der Waals surface area contributed by atoms with Gasteiger partial charge in [0.05, 0.1) is 13.2 Å². The molecule has 0 spiro atoms. The lowest BCUT2D eigenvalue weighted by Crippen LogP contribution is -2.58. The van der Waals surface area contributed by atoms with Crippen LogP contribution in [0.15, 0.2) is 59.2 Å². The molecule has 7 heteroatoms. The van der Waals surface area contributed by atoms with Gasteiger partial charge in [0.15, 0.2) is 0 Å². The lowest BCUT2D eigenvalue weighted by Gasteiger charge is -2.40. The molecule has 2 rings (SSSR count). The Balaban J connectivity index is 2.03. The van der Waals surface area contributed by atoms with Gasteiger partial charge in [-0.1, -0.05) is 42.0 Å². The normalized spacial score (nSPS) is 28.3. The molecule has 0 unspecified atom stereocenters. The number of benzene rings is 1. The molecule has 1 aromatic rings. The van der Waals surface area contributed by atoms with Crippen LogP contribution in [0.5, 0.6) is 5.75 Å². The van der Waals surface area contributed by atoms with Crippen LogP contribution < -0.4 is 4.74 Å². The van der Waals surface area contributed by atoms with Crippen molar-refractivity contribution in [2.24, 2.45) is 0 Å². The maximum Gasteiger partial charge on any atom is 0.119 e. The molecule has 1 aliphatic rings. The highest BCUT2D eigenvalue weighted by Crippen LogP contribution is 2.26. The third kappa shape index (κ3) is 6.15. The molecule has 4 N–H and O–H groups in total. The van der Waals surface area contributed by atoms with E-state index in [0.717, 1.165) is 16.9 Å². The predicted octanol–water partition coefficient (Wildman–Crippen LogP) is 2.10. The summed E-state index contributed by atoms with van der Waals surface area (Å²) >= 11 is 6.38. The Kier molecular flexibility index (Phi) is 8.89. The van der Waals surface area contributed by atoms with Crippen LogP contribution in [0, 0.1) is 0 Å². The van der Waals surface area contributed by atoms with Crippen LogP contribution in [-0.4, -0.2) is 64.2 Å². The maximum absolute atomic E-state index is 10.2. The molecule has 0 aliphatic carbocycles. The van der Waals surface area contributed by atoms with Gasteiger partial charge in [-0.25, -0.2) is 0 Å². The summed E-state index contributed by atoms with van der Waals surface area (Å²) in [6.07, 6.45) is -2.24. The van der Waals surface area contributed by atoms with E-state index in [-0.39, 0.29) is 0 Å². The molecule has 0 radical (unpaired) electrons. The first-order valence-electron chi connectivity index (χ1n) is 9.52. The Hall–Kier alpha value is -1.67. The third-order valence-corrected chi connectivity index (χ3v) is 5.26. The minimum Gasteiger partial charge on any atom is -0.494 e. The van der Waals surface area contributed by atoms with E-state index in [0.29, 0.717) is 23.6 Å². The van der Waals surface area contributed by atoms with E-state index in [1.54, 1.807) is 12.2 Å². The molecule has 0 amide bonds. The van der Waals surface area contributed by atoms with Crippen molar-refractivity contribution in [2.75, 3.05) is 13.2 Å². The summed E-state index contributed by atoms with van der Waals surface area (Å²) in [4.78, 5) is 0. The first kappa shape index (κ1) is 23.6. The van der Waals surface area contributed by atoms with Crippen molar-refractivity contribution in [1.29, 1.82) is 0 Å². The van der Waals surface area contributed by atoms with Gasteiger partial charge in [-0.15, -0.1) is 0 Å². The van der Waals surface area contributed by atoms with Crippen LogP contribution in [0.4, 0.5) is 0 Å². The molecule has 1 fully saturated rings. The second-order valence-corrected chi connectivity index (χ2v) is 7.45. The van der Waals surface area contributed by atoms with Crippen LogP contribution in [0.2, 0.25) is 0 Å². The monoisotopic (exact) mass is 424 g/mol. The lowest BCUT2D eigenvalue weighted by molar-refractivity contribution is -0.218. The Morgan fingerprint density at radius 2 is 1.79 bits per heavy atom. The fourth-order valence-electron chi connectivity index (χ4n) is 3.09. The molecule has 1 heterocycles. The number of halogens is 1. The summed E-state index contributed by atoms with van der Waals surface area (Å²) in [7, 11) is 0. The number of hydrogen-bond donors (Lipinski definition) is 4. The van der Waals surface area contributed by atoms with Gasteiger partial charge in [-0.3, -0.25) is 0 Å². The van der Waals surface area contributed by atoms with Crippen LogP contribution in [0.3, 0.4) is 0 Å². The number of aliphatic hydroxyl groups is 4. The van der Waals surface area contributed by atoms with Crippen LogP contribution >= 0.6 is 11.6 Å². The topological polar surface area (TPSA) is 99.4 Å². The summed E-state index contributed by atoms with van der Waals surface area (Å²) in [5.41, 5.74) is 2.40. The summed E-state index contributed by atoms with van der Waals surface area (Å²) in [6, 6.07) is 7.79. The summed E-state index contributed by atoms with van der Waals surface area (Å²) < 4.78 is 10.9. The fraction of sp³-hybridized carbons (Fsp3) is 0.455. The summed E-state index contributed by atoms with van der Waals surface area (Å²) in [6.45, 7) is 7.84. The molecular formula is C22H29ClO6. The van der Waals surface area contributed by atoms with Gasteiger partial charge in [0.2, 0.25) is 0 Å². The number of allylic oxidation sites excluding steroid dienone is 3. The van der Waals surface area contributed by atoms with E-state index < -0.39 is 37.1 Å². The first-order valence-corrected chi connectivity index (χ1v) is 9.90. The first-order chi connectivity index (χ1) is 13.8. The highest BCUT2D eigenvalue weighted by Gasteiger charge is 2.43. The third-order valence-electron chi connectivity index (χ3n) is 4.81. The Bertz CT molecular complexity index is 740. The van der Waals surface area contributed by atoms with Crippen molar-refractivity contribution in [1.82, 2.24) is 0 Å². The molecule has 5 atom stereocenters. The van der Waals surface area contributed by atoms with Crippen LogP contribution in [-0.2, 0) is 11.2 Å². The lowest BCUT2D eigenvalue weighted by atomic mass is 9.91. The van der Waals surface area contributed by atoms with Crippen molar-refractivity contribution in [3.8, 4) is 5.75 Å². The quantitative estimate of drug-likeness (QED) is 0.477. The average Bonchev–Trinajstić information content (AvgIpc) is 2.71. The second kappa shape index (κ2) is 10.9. The molecule has 1 saturated heterocycles. The minimum atomic E-state index is -1.44. The molecule has 160 valence electrons. The zero-order valence-corrected chi connectivity index (χ0v) is 17.4. The Labute approximate surface area is 176 Å². The SMILES string of the molecule is C=C(/C=C\C(Cl)=C(/C)Cc1ccc(OCC)cc1)[C@@H]1O[C@H](CO)[C@@H](O)[C@H](O)[C@H]1O. The van der Waals surface area contributed by atoms with E-state index in [1.807, 2.05) is 38.1 Å². The zero-order valence-electron chi connectivity index (χ0n) is 16.7. The Morgan fingerprint density at radius 3 is 2.38 bits per heavy atom. The molecule has 1 aliphatic heterocycles. The van der Waals surface area contributed by atoms with E-state index in [1.165, 1.54) is 0 Å². The average molecular weight is 425 g/mol. The predicted molar refractivity (Wildman–Crippen MR) is 112 cm³/mol. The standard InChI is InChI=1S/C22H29ClO6/c1-4-28-16-8-6-15(7-9-16)11-14(3)17(23)10-5-13(2)22-21(27)20(26)19(25)18(12-24)29-22/h5-10,18-22,24-27H,2,4,11-12H2,1,3H3/b10-5-,17-14-/t18-,19-,20+,21-,22+/m1/s1. The molecule has 6 nitrogen and oxygen atoms in total. The second-order valence-electron chi connectivity index (χ2n) is 7.04. The molecule has 1 aromatic carbocycles. The van der Waals surface area contributed by atoms with Gasteiger partial charge >= 0.3 is 0 Å². The number of aliphatic hydroxyl groups excluding tert-OH is 4. The molecule has 29 heavy (non-hydrogen) atoms. The fourth-order valence-corrected chi connectivity index (χ4v) is 3.22. The highest BCUT2D eigenvalue weighted by molar-refractivity contribution is 6.31. The molecule has 0 saturated carbocycles. The number of ether oxygens (including phenoxy) is 2. The van der Waals surface area contributed by atoms with Gasteiger partial charge in [-0.05, 0) is 49.6 Å². The van der Waals surface area contributed by atoms with Gasteiger partial charge in [-0.2, -0.15) is 0 Å². The van der Waals surface area contributed by atoms with E-state index in [2.05, 4.69) is 6.58 Å².